The molecule has 1 aliphatic rings. The van der Waals surface area contributed by atoms with Crippen LogP contribution in [-0.4, -0.2) is 25.7 Å². The fourth-order valence-electron chi connectivity index (χ4n) is 2.24. The molecule has 1 aliphatic carbocycles. The third-order valence-corrected chi connectivity index (χ3v) is 4.81. The number of nitrogen functional groups attached to an aromatic ring is 1. The van der Waals surface area contributed by atoms with Crippen molar-refractivity contribution in [2.24, 2.45) is 0 Å². The van der Waals surface area contributed by atoms with Gasteiger partial charge in [-0.3, -0.25) is 0 Å². The lowest BCUT2D eigenvalue weighted by atomic mass is 9.93. The maximum absolute atomic E-state index is 12.2. The van der Waals surface area contributed by atoms with Gasteiger partial charge in [0.05, 0.1) is 11.8 Å². The minimum atomic E-state index is -3.66. The third kappa shape index (κ3) is 2.82. The van der Waals surface area contributed by atoms with Crippen LogP contribution in [0.5, 0.6) is 0 Å². The van der Waals surface area contributed by atoms with E-state index in [1.807, 2.05) is 0 Å². The molecule has 4 N–H and O–H groups in total. The van der Waals surface area contributed by atoms with Gasteiger partial charge in [-0.05, 0) is 25.0 Å². The summed E-state index contributed by atoms with van der Waals surface area (Å²) in [4.78, 5) is 0.0720. The zero-order valence-corrected chi connectivity index (χ0v) is 10.9. The highest BCUT2D eigenvalue weighted by Gasteiger charge is 2.28. The molecule has 1 aromatic carbocycles. The number of rotatable bonds is 3. The van der Waals surface area contributed by atoms with Crippen molar-refractivity contribution in [1.82, 2.24) is 4.72 Å². The molecule has 0 unspecified atom stereocenters. The van der Waals surface area contributed by atoms with Gasteiger partial charge < -0.3 is 10.8 Å². The molecule has 0 aliphatic heterocycles. The second-order valence-corrected chi connectivity index (χ2v) is 6.30. The molecule has 100 valence electrons. The standard InChI is InChI=1S/C12H18N2O3S/c13-9-5-1-4-8-12(9)18(16,17)14-10-6-2-3-7-11(10)15/h1,4-5,8,10-11,14-15H,2-3,6-7,13H2/t10-,11-/m0/s1. The number of aliphatic hydroxyl groups excluding tert-OH is 1. The minimum Gasteiger partial charge on any atom is -0.398 e. The minimum absolute atomic E-state index is 0.0720. The topological polar surface area (TPSA) is 92.4 Å². The Morgan fingerprint density at radius 1 is 1.22 bits per heavy atom. The van der Waals surface area contributed by atoms with Crippen molar-refractivity contribution in [3.63, 3.8) is 0 Å². The van der Waals surface area contributed by atoms with Gasteiger partial charge in [0.1, 0.15) is 4.90 Å². The van der Waals surface area contributed by atoms with E-state index in [2.05, 4.69) is 4.72 Å². The van der Waals surface area contributed by atoms with Crippen molar-refractivity contribution >= 4 is 15.7 Å². The summed E-state index contributed by atoms with van der Waals surface area (Å²) in [6.07, 6.45) is 2.55. The van der Waals surface area contributed by atoms with Crippen LogP contribution >= 0.6 is 0 Å². The zero-order chi connectivity index (χ0) is 13.2. The molecule has 5 nitrogen and oxygen atoms in total. The Morgan fingerprint density at radius 2 is 1.89 bits per heavy atom. The summed E-state index contributed by atoms with van der Waals surface area (Å²) in [5.41, 5.74) is 5.88. The molecule has 2 rings (SSSR count). The maximum Gasteiger partial charge on any atom is 0.242 e. The summed E-state index contributed by atoms with van der Waals surface area (Å²) in [6.45, 7) is 0. The molecular formula is C12H18N2O3S. The van der Waals surface area contributed by atoms with Gasteiger partial charge in [0.25, 0.3) is 0 Å². The monoisotopic (exact) mass is 270 g/mol. The summed E-state index contributed by atoms with van der Waals surface area (Å²) in [5, 5.41) is 9.79. The van der Waals surface area contributed by atoms with Gasteiger partial charge in [-0.2, -0.15) is 0 Å². The van der Waals surface area contributed by atoms with Gasteiger partial charge in [0.2, 0.25) is 10.0 Å². The normalized spacial score (nSPS) is 24.9. The van der Waals surface area contributed by atoms with Crippen molar-refractivity contribution in [1.29, 1.82) is 0 Å². The van der Waals surface area contributed by atoms with E-state index in [9.17, 15) is 13.5 Å². The van der Waals surface area contributed by atoms with Crippen LogP contribution in [-0.2, 0) is 10.0 Å². The smallest absolute Gasteiger partial charge is 0.242 e. The molecule has 0 saturated heterocycles. The molecular weight excluding hydrogens is 252 g/mol. The summed E-state index contributed by atoms with van der Waals surface area (Å²) in [6, 6.07) is 5.91. The lowest BCUT2D eigenvalue weighted by Gasteiger charge is -2.28. The van der Waals surface area contributed by atoms with Crippen molar-refractivity contribution in [3.05, 3.63) is 24.3 Å². The lowest BCUT2D eigenvalue weighted by molar-refractivity contribution is 0.101. The predicted molar refractivity (Wildman–Crippen MR) is 69.4 cm³/mol. The first-order valence-corrected chi connectivity index (χ1v) is 7.54. The Balaban J connectivity index is 2.19. The molecule has 0 spiro atoms. The third-order valence-electron chi connectivity index (χ3n) is 3.24. The van der Waals surface area contributed by atoms with E-state index in [4.69, 9.17) is 5.73 Å². The Labute approximate surface area is 107 Å². The fraction of sp³-hybridized carbons (Fsp3) is 0.500. The van der Waals surface area contributed by atoms with E-state index >= 15 is 0 Å². The summed E-state index contributed by atoms with van der Waals surface area (Å²) >= 11 is 0. The van der Waals surface area contributed by atoms with E-state index in [-0.39, 0.29) is 10.6 Å². The van der Waals surface area contributed by atoms with Crippen LogP contribution in [0, 0.1) is 0 Å². The maximum atomic E-state index is 12.2. The lowest BCUT2D eigenvalue weighted by Crippen LogP contribution is -2.45. The number of nitrogens with one attached hydrogen (secondary N) is 1. The van der Waals surface area contributed by atoms with Crippen LogP contribution < -0.4 is 10.5 Å². The largest absolute Gasteiger partial charge is 0.398 e. The average Bonchev–Trinajstić information content (AvgIpc) is 2.32. The number of hydrogen-bond donors (Lipinski definition) is 3. The van der Waals surface area contributed by atoms with Crippen molar-refractivity contribution in [2.75, 3.05) is 5.73 Å². The van der Waals surface area contributed by atoms with E-state index < -0.39 is 22.2 Å². The van der Waals surface area contributed by atoms with Crippen molar-refractivity contribution in [2.45, 2.75) is 42.7 Å². The summed E-state index contributed by atoms with van der Waals surface area (Å²) < 4.78 is 26.9. The van der Waals surface area contributed by atoms with Gasteiger partial charge >= 0.3 is 0 Å². The highest BCUT2D eigenvalue weighted by atomic mass is 32.2. The highest BCUT2D eigenvalue weighted by molar-refractivity contribution is 7.89. The number of anilines is 1. The van der Waals surface area contributed by atoms with Crippen LogP contribution in [0.1, 0.15) is 25.7 Å². The van der Waals surface area contributed by atoms with Gasteiger partial charge in [0, 0.05) is 6.04 Å². The summed E-state index contributed by atoms with van der Waals surface area (Å²) in [7, 11) is -3.66. The van der Waals surface area contributed by atoms with Gasteiger partial charge in [-0.25, -0.2) is 13.1 Å². The molecule has 1 fully saturated rings. The molecule has 0 amide bonds. The first-order chi connectivity index (χ1) is 8.50. The molecule has 18 heavy (non-hydrogen) atoms. The number of sulfonamides is 1. The van der Waals surface area contributed by atoms with Crippen LogP contribution in [0.25, 0.3) is 0 Å². The molecule has 6 heteroatoms. The van der Waals surface area contributed by atoms with Crippen LogP contribution in [0.3, 0.4) is 0 Å². The molecule has 0 bridgehead atoms. The SMILES string of the molecule is Nc1ccccc1S(=O)(=O)N[C@H]1CCCC[C@@H]1O. The molecule has 1 saturated carbocycles. The first kappa shape index (κ1) is 13.3. The van der Waals surface area contributed by atoms with Gasteiger partial charge in [-0.1, -0.05) is 25.0 Å². The van der Waals surface area contributed by atoms with E-state index in [1.54, 1.807) is 18.2 Å². The Bertz CT molecular complexity index is 516. The van der Waals surface area contributed by atoms with Gasteiger partial charge in [0.15, 0.2) is 0 Å². The second-order valence-electron chi connectivity index (χ2n) is 4.62. The molecule has 1 aromatic rings. The molecule has 2 atom stereocenters. The highest BCUT2D eigenvalue weighted by Crippen LogP contribution is 2.22. The quantitative estimate of drug-likeness (QED) is 0.710. The second kappa shape index (κ2) is 5.26. The molecule has 0 aromatic heterocycles. The Hall–Kier alpha value is -1.11. The van der Waals surface area contributed by atoms with E-state index in [1.165, 1.54) is 6.07 Å². The molecule has 0 radical (unpaired) electrons. The van der Waals surface area contributed by atoms with Crippen molar-refractivity contribution < 1.29 is 13.5 Å². The number of hydrogen-bond acceptors (Lipinski definition) is 4. The van der Waals surface area contributed by atoms with E-state index in [0.29, 0.717) is 12.8 Å². The van der Waals surface area contributed by atoms with E-state index in [0.717, 1.165) is 12.8 Å². The van der Waals surface area contributed by atoms with Crippen LogP contribution in [0.2, 0.25) is 0 Å². The Morgan fingerprint density at radius 3 is 2.56 bits per heavy atom. The first-order valence-electron chi connectivity index (χ1n) is 6.05. The average molecular weight is 270 g/mol. The van der Waals surface area contributed by atoms with Crippen molar-refractivity contribution in [3.8, 4) is 0 Å². The summed E-state index contributed by atoms with van der Waals surface area (Å²) in [5.74, 6) is 0. The zero-order valence-electron chi connectivity index (χ0n) is 10.0. The Kier molecular flexibility index (Phi) is 3.89. The predicted octanol–water partition coefficient (Wildman–Crippen LogP) is 0.851. The number of aliphatic hydroxyl groups is 1. The number of benzene rings is 1. The number of para-hydroxylation sites is 1. The fourth-order valence-corrected chi connectivity index (χ4v) is 3.67. The van der Waals surface area contributed by atoms with Crippen LogP contribution in [0.4, 0.5) is 5.69 Å². The molecule has 0 heterocycles. The number of nitrogens with two attached hydrogens (primary N) is 1. The van der Waals surface area contributed by atoms with Gasteiger partial charge in [-0.15, -0.1) is 0 Å². The van der Waals surface area contributed by atoms with Crippen LogP contribution in [0.15, 0.2) is 29.2 Å².